The number of hydrogen-bond acceptors (Lipinski definition) is 6. The number of rotatable bonds is 7. The molecule has 0 unspecified atom stereocenters. The average Bonchev–Trinajstić information content (AvgIpc) is 2.36. The lowest BCUT2D eigenvalue weighted by atomic mass is 10.1. The molecule has 0 aliphatic heterocycles. The Hall–Kier alpha value is -1.60. The van der Waals surface area contributed by atoms with Crippen molar-refractivity contribution in [2.75, 3.05) is 12.9 Å². The molecule has 0 fully saturated rings. The minimum atomic E-state index is -3.51. The molecular formula is C14H20O6S. The van der Waals surface area contributed by atoms with Gasteiger partial charge in [-0.2, -0.15) is 8.42 Å². The lowest BCUT2D eigenvalue weighted by Gasteiger charge is -2.24. The van der Waals surface area contributed by atoms with Crippen LogP contribution >= 0.6 is 0 Å². The smallest absolute Gasteiger partial charge is 0.349 e. The van der Waals surface area contributed by atoms with Gasteiger partial charge < -0.3 is 9.47 Å². The molecule has 0 N–H and O–H groups in total. The Balaban J connectivity index is 2.78. The quantitative estimate of drug-likeness (QED) is 0.564. The summed E-state index contributed by atoms with van der Waals surface area (Å²) in [7, 11) is -3.51. The fourth-order valence-corrected chi connectivity index (χ4v) is 1.87. The van der Waals surface area contributed by atoms with E-state index in [-0.39, 0.29) is 13.2 Å². The van der Waals surface area contributed by atoms with Crippen LogP contribution in [-0.4, -0.2) is 32.9 Å². The first kappa shape index (κ1) is 17.5. The molecule has 21 heavy (non-hydrogen) atoms. The third-order valence-electron chi connectivity index (χ3n) is 2.48. The van der Waals surface area contributed by atoms with Gasteiger partial charge in [-0.05, 0) is 38.5 Å². The molecule has 0 atom stereocenters. The van der Waals surface area contributed by atoms with Gasteiger partial charge in [0.1, 0.15) is 5.75 Å². The van der Waals surface area contributed by atoms with Crippen LogP contribution in [0, 0.1) is 0 Å². The van der Waals surface area contributed by atoms with Crippen LogP contribution in [-0.2, 0) is 30.4 Å². The topological polar surface area (TPSA) is 78.9 Å². The Morgan fingerprint density at radius 3 is 2.52 bits per heavy atom. The molecule has 0 aliphatic carbocycles. The summed E-state index contributed by atoms with van der Waals surface area (Å²) in [5, 5.41) is 0. The molecule has 0 saturated carbocycles. The van der Waals surface area contributed by atoms with E-state index >= 15 is 0 Å². The van der Waals surface area contributed by atoms with Crippen LogP contribution in [0.25, 0.3) is 0 Å². The minimum Gasteiger partial charge on any atom is -0.476 e. The highest BCUT2D eigenvalue weighted by atomic mass is 32.2. The summed E-state index contributed by atoms with van der Waals surface area (Å²) in [4.78, 5) is 11.8. The number of esters is 1. The predicted octanol–water partition coefficient (Wildman–Crippen LogP) is 1.88. The first-order chi connectivity index (χ1) is 9.64. The number of hydrogen-bond donors (Lipinski definition) is 0. The summed E-state index contributed by atoms with van der Waals surface area (Å²) in [5.74, 6) is -0.0366. The molecule has 118 valence electrons. The van der Waals surface area contributed by atoms with E-state index in [4.69, 9.17) is 13.7 Å². The maximum absolute atomic E-state index is 11.8. The Kier molecular flexibility index (Phi) is 5.74. The Bertz CT molecular complexity index is 591. The van der Waals surface area contributed by atoms with Crippen LogP contribution < -0.4 is 4.74 Å². The van der Waals surface area contributed by atoms with Crippen LogP contribution in [0.3, 0.4) is 0 Å². The highest BCUT2D eigenvalue weighted by molar-refractivity contribution is 7.85. The van der Waals surface area contributed by atoms with Crippen LogP contribution in [0.5, 0.6) is 5.75 Å². The summed E-state index contributed by atoms with van der Waals surface area (Å²) in [6, 6.07) is 6.68. The van der Waals surface area contributed by atoms with Gasteiger partial charge in [-0.3, -0.25) is 4.18 Å². The third kappa shape index (κ3) is 6.14. The molecule has 1 aromatic rings. The Labute approximate surface area is 125 Å². The molecule has 0 heterocycles. The molecule has 0 aromatic heterocycles. The first-order valence-electron chi connectivity index (χ1n) is 6.43. The summed E-state index contributed by atoms with van der Waals surface area (Å²) < 4.78 is 37.2. The van der Waals surface area contributed by atoms with Crippen molar-refractivity contribution in [3.8, 4) is 5.75 Å². The van der Waals surface area contributed by atoms with Crippen molar-refractivity contribution < 1.29 is 26.9 Å². The Morgan fingerprint density at radius 1 is 1.29 bits per heavy atom. The van der Waals surface area contributed by atoms with Gasteiger partial charge in [0.2, 0.25) is 0 Å². The van der Waals surface area contributed by atoms with Gasteiger partial charge in [-0.1, -0.05) is 12.1 Å². The molecule has 0 spiro atoms. The second kappa shape index (κ2) is 6.91. The molecule has 6 nitrogen and oxygen atoms in total. The van der Waals surface area contributed by atoms with Crippen molar-refractivity contribution in [1.29, 1.82) is 0 Å². The van der Waals surface area contributed by atoms with E-state index in [0.29, 0.717) is 11.3 Å². The highest BCUT2D eigenvalue weighted by Crippen LogP contribution is 2.21. The molecule has 7 heteroatoms. The standard InChI is InChI=1S/C14H20O6S/c1-5-18-13(15)14(2,3)20-12-8-6-7-11(9-12)10-19-21(4,16)17/h6-9H,5,10H2,1-4H3. The van der Waals surface area contributed by atoms with Crippen molar-refractivity contribution in [2.45, 2.75) is 33.0 Å². The monoisotopic (exact) mass is 316 g/mol. The maximum atomic E-state index is 11.8. The second-order valence-electron chi connectivity index (χ2n) is 4.95. The van der Waals surface area contributed by atoms with E-state index in [1.807, 2.05) is 0 Å². The maximum Gasteiger partial charge on any atom is 0.349 e. The van der Waals surface area contributed by atoms with Gasteiger partial charge in [0.05, 0.1) is 19.5 Å². The first-order valence-corrected chi connectivity index (χ1v) is 8.25. The molecule has 0 aliphatic rings. The van der Waals surface area contributed by atoms with E-state index in [1.54, 1.807) is 45.0 Å². The average molecular weight is 316 g/mol. The fraction of sp³-hybridized carbons (Fsp3) is 0.500. The zero-order valence-corrected chi connectivity index (χ0v) is 13.4. The van der Waals surface area contributed by atoms with Crippen LogP contribution in [0.2, 0.25) is 0 Å². The third-order valence-corrected chi connectivity index (χ3v) is 3.02. The minimum absolute atomic E-state index is 0.0874. The van der Waals surface area contributed by atoms with Gasteiger partial charge in [0.25, 0.3) is 10.1 Å². The van der Waals surface area contributed by atoms with Crippen molar-refractivity contribution in [2.24, 2.45) is 0 Å². The SMILES string of the molecule is CCOC(=O)C(C)(C)Oc1cccc(COS(C)(=O)=O)c1. The second-order valence-corrected chi connectivity index (χ2v) is 6.59. The van der Waals surface area contributed by atoms with Crippen LogP contribution in [0.1, 0.15) is 26.3 Å². The highest BCUT2D eigenvalue weighted by Gasteiger charge is 2.31. The van der Waals surface area contributed by atoms with Crippen LogP contribution in [0.4, 0.5) is 0 Å². The number of ether oxygens (including phenoxy) is 2. The lowest BCUT2D eigenvalue weighted by molar-refractivity contribution is -0.158. The largest absolute Gasteiger partial charge is 0.476 e. The van der Waals surface area contributed by atoms with Crippen LogP contribution in [0.15, 0.2) is 24.3 Å². The fourth-order valence-electron chi connectivity index (χ4n) is 1.52. The van der Waals surface area contributed by atoms with Gasteiger partial charge in [0, 0.05) is 0 Å². The van der Waals surface area contributed by atoms with E-state index in [0.717, 1.165) is 6.26 Å². The number of benzene rings is 1. The van der Waals surface area contributed by atoms with Crippen molar-refractivity contribution in [3.05, 3.63) is 29.8 Å². The molecule has 0 bridgehead atoms. The normalized spacial score (nSPS) is 12.0. The van der Waals surface area contributed by atoms with E-state index < -0.39 is 21.7 Å². The van der Waals surface area contributed by atoms with E-state index in [2.05, 4.69) is 0 Å². The zero-order chi connectivity index (χ0) is 16.1. The van der Waals surface area contributed by atoms with Crippen molar-refractivity contribution >= 4 is 16.1 Å². The van der Waals surface area contributed by atoms with E-state index in [1.165, 1.54) is 0 Å². The summed E-state index contributed by atoms with van der Waals surface area (Å²) in [6.07, 6.45) is 0.983. The zero-order valence-electron chi connectivity index (χ0n) is 12.6. The molecule has 0 saturated heterocycles. The summed E-state index contributed by atoms with van der Waals surface area (Å²) in [6.45, 7) is 5.11. The molecule has 1 rings (SSSR count). The van der Waals surface area contributed by atoms with Gasteiger partial charge in [-0.15, -0.1) is 0 Å². The van der Waals surface area contributed by atoms with Gasteiger partial charge in [-0.25, -0.2) is 4.79 Å². The summed E-state index contributed by atoms with van der Waals surface area (Å²) in [5.41, 5.74) is -0.510. The molecule has 1 aromatic carbocycles. The van der Waals surface area contributed by atoms with Gasteiger partial charge >= 0.3 is 5.97 Å². The van der Waals surface area contributed by atoms with Crippen molar-refractivity contribution in [3.63, 3.8) is 0 Å². The van der Waals surface area contributed by atoms with E-state index in [9.17, 15) is 13.2 Å². The Morgan fingerprint density at radius 2 is 1.95 bits per heavy atom. The molecule has 0 amide bonds. The lowest BCUT2D eigenvalue weighted by Crippen LogP contribution is -2.39. The molecule has 0 radical (unpaired) electrons. The predicted molar refractivity (Wildman–Crippen MR) is 77.4 cm³/mol. The number of carbonyl (C=O) groups excluding carboxylic acids is 1. The molecular weight excluding hydrogens is 296 g/mol. The van der Waals surface area contributed by atoms with Crippen molar-refractivity contribution in [1.82, 2.24) is 0 Å². The number of carbonyl (C=O) groups is 1. The van der Waals surface area contributed by atoms with Gasteiger partial charge in [0.15, 0.2) is 5.60 Å². The summed E-state index contributed by atoms with van der Waals surface area (Å²) >= 11 is 0.